The number of rotatable bonds is 8. The zero-order valence-electron chi connectivity index (χ0n) is 12.1. The molecule has 0 aromatic heterocycles. The van der Waals surface area contributed by atoms with Crippen LogP contribution in [-0.4, -0.2) is 25.3 Å². The van der Waals surface area contributed by atoms with E-state index in [2.05, 4.69) is 32.2 Å². The molecule has 1 unspecified atom stereocenters. The van der Waals surface area contributed by atoms with Crippen LogP contribution >= 0.6 is 0 Å². The predicted octanol–water partition coefficient (Wildman–Crippen LogP) is 3.11. The molecule has 0 fully saturated rings. The molecule has 0 radical (unpaired) electrons. The molecular formula is C14H28N2O. The van der Waals surface area contributed by atoms with E-state index in [1.54, 1.807) is 0 Å². The molecule has 17 heavy (non-hydrogen) atoms. The average Bonchev–Trinajstić information content (AvgIpc) is 2.22. The molecule has 1 N–H and O–H groups in total. The molecule has 0 amide bonds. The molecule has 0 aromatic carbocycles. The highest BCUT2D eigenvalue weighted by atomic mass is 16.5. The maximum Gasteiger partial charge on any atom is 0.104 e. The van der Waals surface area contributed by atoms with Crippen molar-refractivity contribution in [2.24, 2.45) is 5.41 Å². The van der Waals surface area contributed by atoms with Crippen LogP contribution in [0.4, 0.5) is 0 Å². The lowest BCUT2D eigenvalue weighted by atomic mass is 9.93. The first-order valence-electron chi connectivity index (χ1n) is 6.57. The molecule has 0 rings (SSSR count). The van der Waals surface area contributed by atoms with E-state index in [0.717, 1.165) is 39.0 Å². The van der Waals surface area contributed by atoms with Crippen LogP contribution < -0.4 is 5.32 Å². The van der Waals surface area contributed by atoms with Crippen molar-refractivity contribution < 1.29 is 4.74 Å². The maximum absolute atomic E-state index is 9.07. The van der Waals surface area contributed by atoms with Crippen molar-refractivity contribution >= 4 is 0 Å². The molecule has 0 aromatic rings. The molecule has 0 saturated heterocycles. The number of hydrogen-bond donors (Lipinski definition) is 1. The summed E-state index contributed by atoms with van der Waals surface area (Å²) in [5, 5.41) is 12.3. The van der Waals surface area contributed by atoms with Crippen LogP contribution in [0.25, 0.3) is 0 Å². The van der Waals surface area contributed by atoms with Crippen molar-refractivity contribution in [3.8, 4) is 6.07 Å². The van der Waals surface area contributed by atoms with Gasteiger partial charge in [0.1, 0.15) is 5.54 Å². The number of nitriles is 1. The lowest BCUT2D eigenvalue weighted by Crippen LogP contribution is -2.40. The minimum absolute atomic E-state index is 0.338. The monoisotopic (exact) mass is 240 g/mol. The van der Waals surface area contributed by atoms with E-state index in [4.69, 9.17) is 10.00 Å². The summed E-state index contributed by atoms with van der Waals surface area (Å²) < 4.78 is 5.59. The maximum atomic E-state index is 9.07. The van der Waals surface area contributed by atoms with E-state index in [-0.39, 0.29) is 0 Å². The fourth-order valence-electron chi connectivity index (χ4n) is 1.58. The second-order valence-electron chi connectivity index (χ2n) is 6.00. The van der Waals surface area contributed by atoms with E-state index in [0.29, 0.717) is 5.41 Å². The highest BCUT2D eigenvalue weighted by molar-refractivity contribution is 5.03. The number of nitrogens with one attached hydrogen (secondary N) is 1. The van der Waals surface area contributed by atoms with Crippen LogP contribution in [0, 0.1) is 16.7 Å². The van der Waals surface area contributed by atoms with Gasteiger partial charge in [-0.1, -0.05) is 27.7 Å². The zero-order valence-corrected chi connectivity index (χ0v) is 12.1. The Balaban J connectivity index is 3.61. The second kappa shape index (κ2) is 7.68. The topological polar surface area (TPSA) is 45.0 Å². The van der Waals surface area contributed by atoms with Crippen molar-refractivity contribution in [2.45, 2.75) is 59.4 Å². The van der Waals surface area contributed by atoms with E-state index in [9.17, 15) is 0 Å². The van der Waals surface area contributed by atoms with Crippen molar-refractivity contribution in [3.05, 3.63) is 0 Å². The highest BCUT2D eigenvalue weighted by Crippen LogP contribution is 2.18. The molecule has 3 nitrogen and oxygen atoms in total. The summed E-state index contributed by atoms with van der Waals surface area (Å²) >= 11 is 0. The third-order valence-corrected chi connectivity index (χ3v) is 2.78. The minimum atomic E-state index is -0.401. The van der Waals surface area contributed by atoms with Crippen molar-refractivity contribution in [3.63, 3.8) is 0 Å². The van der Waals surface area contributed by atoms with Gasteiger partial charge in [0.05, 0.1) is 6.07 Å². The van der Waals surface area contributed by atoms with Crippen molar-refractivity contribution in [1.29, 1.82) is 5.26 Å². The van der Waals surface area contributed by atoms with Crippen LogP contribution in [0.15, 0.2) is 0 Å². The van der Waals surface area contributed by atoms with Gasteiger partial charge < -0.3 is 4.74 Å². The fourth-order valence-corrected chi connectivity index (χ4v) is 1.58. The van der Waals surface area contributed by atoms with Crippen LogP contribution in [0.2, 0.25) is 0 Å². The summed E-state index contributed by atoms with van der Waals surface area (Å²) in [6.45, 7) is 13.0. The van der Waals surface area contributed by atoms with Gasteiger partial charge in [-0.15, -0.1) is 0 Å². The van der Waals surface area contributed by atoms with Gasteiger partial charge in [-0.25, -0.2) is 0 Å². The first-order valence-corrected chi connectivity index (χ1v) is 6.57. The summed E-state index contributed by atoms with van der Waals surface area (Å²) in [4.78, 5) is 0. The summed E-state index contributed by atoms with van der Waals surface area (Å²) in [6, 6.07) is 2.33. The molecular weight excluding hydrogens is 212 g/mol. The summed E-state index contributed by atoms with van der Waals surface area (Å²) in [6.07, 6.45) is 2.85. The van der Waals surface area contributed by atoms with Gasteiger partial charge in [0, 0.05) is 13.2 Å². The molecule has 0 saturated carbocycles. The summed E-state index contributed by atoms with van der Waals surface area (Å²) in [7, 11) is 0. The van der Waals surface area contributed by atoms with Gasteiger partial charge in [-0.3, -0.25) is 5.32 Å². The highest BCUT2D eigenvalue weighted by Gasteiger charge is 2.21. The normalized spacial score (nSPS) is 15.3. The average molecular weight is 240 g/mol. The van der Waals surface area contributed by atoms with Crippen LogP contribution in [0.5, 0.6) is 0 Å². The Labute approximate surface area is 107 Å². The Bertz CT molecular complexity index is 240. The number of ether oxygens (including phenoxy) is 1. The van der Waals surface area contributed by atoms with Crippen LogP contribution in [-0.2, 0) is 4.74 Å². The van der Waals surface area contributed by atoms with Gasteiger partial charge in [0.2, 0.25) is 0 Å². The van der Waals surface area contributed by atoms with Crippen molar-refractivity contribution in [2.75, 3.05) is 19.8 Å². The molecule has 0 spiro atoms. The molecule has 0 aliphatic rings. The molecule has 0 heterocycles. The Hall–Kier alpha value is -0.590. The van der Waals surface area contributed by atoms with Gasteiger partial charge in [0.25, 0.3) is 0 Å². The van der Waals surface area contributed by atoms with E-state index >= 15 is 0 Å². The largest absolute Gasteiger partial charge is 0.381 e. The smallest absolute Gasteiger partial charge is 0.104 e. The molecule has 100 valence electrons. The number of nitrogens with zero attached hydrogens (tertiary/aromatic N) is 1. The predicted molar refractivity (Wildman–Crippen MR) is 71.8 cm³/mol. The number of hydrogen-bond acceptors (Lipinski definition) is 3. The Morgan fingerprint density at radius 1 is 1.12 bits per heavy atom. The quantitative estimate of drug-likeness (QED) is 0.663. The summed E-state index contributed by atoms with van der Waals surface area (Å²) in [5.74, 6) is 0. The third-order valence-electron chi connectivity index (χ3n) is 2.78. The molecule has 1 atom stereocenters. The Morgan fingerprint density at radius 3 is 2.24 bits per heavy atom. The van der Waals surface area contributed by atoms with Gasteiger partial charge in [0.15, 0.2) is 0 Å². The first-order chi connectivity index (χ1) is 7.83. The lowest BCUT2D eigenvalue weighted by molar-refractivity contribution is 0.102. The van der Waals surface area contributed by atoms with Crippen LogP contribution in [0.3, 0.4) is 0 Å². The molecule has 0 bridgehead atoms. The fraction of sp³-hybridized carbons (Fsp3) is 0.929. The molecule has 0 aliphatic heterocycles. The van der Waals surface area contributed by atoms with Crippen LogP contribution in [0.1, 0.15) is 53.9 Å². The zero-order chi connectivity index (χ0) is 13.4. The molecule has 3 heteroatoms. The van der Waals surface area contributed by atoms with Gasteiger partial charge in [-0.2, -0.15) is 5.26 Å². The van der Waals surface area contributed by atoms with E-state index in [1.165, 1.54) is 0 Å². The summed E-state index contributed by atoms with van der Waals surface area (Å²) in [5.41, 5.74) is -0.0624. The Kier molecular flexibility index (Phi) is 7.41. The van der Waals surface area contributed by atoms with Gasteiger partial charge >= 0.3 is 0 Å². The minimum Gasteiger partial charge on any atom is -0.381 e. The second-order valence-corrected chi connectivity index (χ2v) is 6.00. The van der Waals surface area contributed by atoms with Crippen molar-refractivity contribution in [1.82, 2.24) is 5.32 Å². The van der Waals surface area contributed by atoms with E-state index < -0.39 is 5.54 Å². The van der Waals surface area contributed by atoms with E-state index in [1.807, 2.05) is 13.8 Å². The SMILES string of the molecule is CCNC(C)(C#N)CCCOCCC(C)(C)C. The van der Waals surface area contributed by atoms with Gasteiger partial charge in [-0.05, 0) is 38.1 Å². The molecule has 0 aliphatic carbocycles. The Morgan fingerprint density at radius 2 is 1.76 bits per heavy atom. The first kappa shape index (κ1) is 16.4. The third kappa shape index (κ3) is 9.14. The standard InChI is InChI=1S/C14H28N2O/c1-6-16-14(5,12-15)8-7-10-17-11-9-13(2,3)4/h16H,6-11H2,1-5H3. The lowest BCUT2D eigenvalue weighted by Gasteiger charge is -2.22.